The van der Waals surface area contributed by atoms with E-state index in [0.29, 0.717) is 0 Å². The van der Waals surface area contributed by atoms with E-state index in [4.69, 9.17) is 4.74 Å². The van der Waals surface area contributed by atoms with E-state index >= 15 is 0 Å². The molecule has 1 heterocycles. The summed E-state index contributed by atoms with van der Waals surface area (Å²) in [4.78, 5) is 0. The number of nitrogens with one attached hydrogen (secondary N) is 1. The Bertz CT molecular complexity index is 646. The summed E-state index contributed by atoms with van der Waals surface area (Å²) in [6.45, 7) is 1.83. The molecule has 4 rings (SSSR count). The Labute approximate surface area is 126 Å². The van der Waals surface area contributed by atoms with E-state index in [1.165, 1.54) is 35.1 Å². The van der Waals surface area contributed by atoms with Crippen LogP contribution in [0.1, 0.15) is 30.4 Å². The van der Waals surface area contributed by atoms with Crippen molar-refractivity contribution in [3.8, 4) is 16.9 Å². The number of hydrogen-bond acceptors (Lipinski definition) is 2. The first-order valence-corrected chi connectivity index (χ1v) is 7.97. The summed E-state index contributed by atoms with van der Waals surface area (Å²) in [5.74, 6) is 1.07. The average Bonchev–Trinajstić information content (AvgIpc) is 3.37. The van der Waals surface area contributed by atoms with Gasteiger partial charge in [0.1, 0.15) is 5.75 Å². The van der Waals surface area contributed by atoms with E-state index in [2.05, 4.69) is 47.8 Å². The fourth-order valence-corrected chi connectivity index (χ4v) is 2.95. The zero-order valence-corrected chi connectivity index (χ0v) is 12.3. The Hall–Kier alpha value is -1.80. The minimum Gasteiger partial charge on any atom is -0.493 e. The summed E-state index contributed by atoms with van der Waals surface area (Å²) in [5.41, 5.74) is 5.32. The third-order valence-electron chi connectivity index (χ3n) is 4.34. The lowest BCUT2D eigenvalue weighted by molar-refractivity contribution is 0.288. The van der Waals surface area contributed by atoms with E-state index in [1.807, 2.05) is 0 Å². The molecule has 1 aliphatic heterocycles. The molecule has 0 amide bonds. The fourth-order valence-electron chi connectivity index (χ4n) is 2.95. The van der Waals surface area contributed by atoms with Crippen LogP contribution < -0.4 is 10.1 Å². The van der Waals surface area contributed by atoms with Gasteiger partial charge >= 0.3 is 0 Å². The number of aryl methyl sites for hydroxylation is 1. The molecule has 0 radical (unpaired) electrons. The van der Waals surface area contributed by atoms with Crippen LogP contribution in [0.25, 0.3) is 11.1 Å². The summed E-state index contributed by atoms with van der Waals surface area (Å²) in [7, 11) is 0. The molecule has 0 unspecified atom stereocenters. The molecule has 0 aromatic heterocycles. The van der Waals surface area contributed by atoms with Crippen molar-refractivity contribution in [2.75, 3.05) is 6.61 Å². The van der Waals surface area contributed by atoms with Crippen LogP contribution in [0.5, 0.6) is 5.75 Å². The molecule has 1 N–H and O–H groups in total. The van der Waals surface area contributed by atoms with Gasteiger partial charge in [0.25, 0.3) is 0 Å². The lowest BCUT2D eigenvalue weighted by atomic mass is 9.98. The second kappa shape index (κ2) is 5.53. The molecule has 1 fully saturated rings. The molecule has 1 saturated carbocycles. The molecular weight excluding hydrogens is 258 g/mol. The van der Waals surface area contributed by atoms with Gasteiger partial charge < -0.3 is 10.1 Å². The highest BCUT2D eigenvalue weighted by Crippen LogP contribution is 2.30. The molecule has 1 aliphatic carbocycles. The van der Waals surface area contributed by atoms with Crippen molar-refractivity contribution >= 4 is 0 Å². The quantitative estimate of drug-likeness (QED) is 0.915. The van der Waals surface area contributed by atoms with Gasteiger partial charge in [-0.15, -0.1) is 0 Å². The number of ether oxygens (including phenoxy) is 1. The van der Waals surface area contributed by atoms with Crippen LogP contribution in [0, 0.1) is 0 Å². The standard InChI is InChI=1S/C19H21NO/c1-3-14(13-20-18-7-8-18)11-15(4-1)16-6-9-19-17(12-16)5-2-10-21-19/h1,3-4,6,9,11-12,18,20H,2,5,7-8,10,13H2. The molecule has 0 spiro atoms. The third-order valence-corrected chi connectivity index (χ3v) is 4.34. The van der Waals surface area contributed by atoms with Gasteiger partial charge in [-0.25, -0.2) is 0 Å². The van der Waals surface area contributed by atoms with Gasteiger partial charge in [0, 0.05) is 12.6 Å². The number of hydrogen-bond donors (Lipinski definition) is 1. The second-order valence-electron chi connectivity index (χ2n) is 6.13. The lowest BCUT2D eigenvalue weighted by Gasteiger charge is -2.18. The maximum absolute atomic E-state index is 5.70. The number of benzene rings is 2. The smallest absolute Gasteiger partial charge is 0.122 e. The predicted molar refractivity (Wildman–Crippen MR) is 85.6 cm³/mol. The van der Waals surface area contributed by atoms with Crippen LogP contribution in [-0.2, 0) is 13.0 Å². The summed E-state index contributed by atoms with van der Waals surface area (Å²) >= 11 is 0. The van der Waals surface area contributed by atoms with Gasteiger partial charge in [-0.1, -0.05) is 24.3 Å². The summed E-state index contributed by atoms with van der Waals surface area (Å²) in [6, 6.07) is 16.2. The van der Waals surface area contributed by atoms with E-state index in [-0.39, 0.29) is 0 Å². The van der Waals surface area contributed by atoms with Gasteiger partial charge in [0.05, 0.1) is 6.61 Å². The SMILES string of the molecule is c1cc(CNC2CC2)cc(-c2ccc3c(c2)CCCO3)c1. The summed E-state index contributed by atoms with van der Waals surface area (Å²) in [6.07, 6.45) is 4.93. The van der Waals surface area contributed by atoms with Crippen molar-refractivity contribution in [2.45, 2.75) is 38.3 Å². The zero-order valence-electron chi connectivity index (χ0n) is 12.3. The van der Waals surface area contributed by atoms with E-state index < -0.39 is 0 Å². The molecule has 2 aromatic rings. The van der Waals surface area contributed by atoms with Gasteiger partial charge in [0.15, 0.2) is 0 Å². The highest BCUT2D eigenvalue weighted by Gasteiger charge is 2.19. The molecule has 0 bridgehead atoms. The Balaban J connectivity index is 1.58. The molecule has 108 valence electrons. The van der Waals surface area contributed by atoms with E-state index in [9.17, 15) is 0 Å². The van der Waals surface area contributed by atoms with Crippen LogP contribution in [0.4, 0.5) is 0 Å². The maximum atomic E-state index is 5.70. The minimum absolute atomic E-state index is 0.759. The van der Waals surface area contributed by atoms with Crippen LogP contribution in [0.2, 0.25) is 0 Å². The zero-order chi connectivity index (χ0) is 14.1. The Morgan fingerprint density at radius 2 is 1.95 bits per heavy atom. The Morgan fingerprint density at radius 3 is 2.86 bits per heavy atom. The Kier molecular flexibility index (Phi) is 3.40. The Morgan fingerprint density at radius 1 is 1.05 bits per heavy atom. The minimum atomic E-state index is 0.759. The molecule has 0 atom stereocenters. The summed E-state index contributed by atoms with van der Waals surface area (Å²) in [5, 5.41) is 3.58. The van der Waals surface area contributed by atoms with Crippen molar-refractivity contribution < 1.29 is 4.74 Å². The first kappa shape index (κ1) is 12.9. The molecule has 21 heavy (non-hydrogen) atoms. The summed E-state index contributed by atoms with van der Waals surface area (Å²) < 4.78 is 5.70. The van der Waals surface area contributed by atoms with Gasteiger partial charge in [-0.05, 0) is 66.1 Å². The van der Waals surface area contributed by atoms with E-state index in [0.717, 1.165) is 37.8 Å². The molecule has 2 heteroatoms. The number of rotatable bonds is 4. The predicted octanol–water partition coefficient (Wildman–Crippen LogP) is 3.93. The lowest BCUT2D eigenvalue weighted by Crippen LogP contribution is -2.15. The molecular formula is C19H21NO. The highest BCUT2D eigenvalue weighted by atomic mass is 16.5. The highest BCUT2D eigenvalue weighted by molar-refractivity contribution is 5.66. The normalized spacial score (nSPS) is 17.1. The second-order valence-corrected chi connectivity index (χ2v) is 6.13. The monoisotopic (exact) mass is 279 g/mol. The number of fused-ring (bicyclic) bond motifs is 1. The first-order chi connectivity index (χ1) is 10.4. The van der Waals surface area contributed by atoms with Crippen LogP contribution in [0.3, 0.4) is 0 Å². The first-order valence-electron chi connectivity index (χ1n) is 7.97. The molecule has 2 aromatic carbocycles. The average molecular weight is 279 g/mol. The van der Waals surface area contributed by atoms with Crippen molar-refractivity contribution in [3.63, 3.8) is 0 Å². The van der Waals surface area contributed by atoms with Crippen LogP contribution in [-0.4, -0.2) is 12.6 Å². The van der Waals surface area contributed by atoms with Crippen molar-refractivity contribution in [1.82, 2.24) is 5.32 Å². The van der Waals surface area contributed by atoms with Gasteiger partial charge in [0.2, 0.25) is 0 Å². The molecule has 0 saturated heterocycles. The molecule has 2 nitrogen and oxygen atoms in total. The third kappa shape index (κ3) is 2.96. The molecule has 2 aliphatic rings. The van der Waals surface area contributed by atoms with Crippen molar-refractivity contribution in [2.24, 2.45) is 0 Å². The van der Waals surface area contributed by atoms with E-state index in [1.54, 1.807) is 0 Å². The largest absolute Gasteiger partial charge is 0.493 e. The fraction of sp³-hybridized carbons (Fsp3) is 0.368. The van der Waals surface area contributed by atoms with Crippen LogP contribution >= 0.6 is 0 Å². The van der Waals surface area contributed by atoms with Crippen molar-refractivity contribution in [1.29, 1.82) is 0 Å². The van der Waals surface area contributed by atoms with Crippen molar-refractivity contribution in [3.05, 3.63) is 53.6 Å². The van der Waals surface area contributed by atoms with Gasteiger partial charge in [-0.2, -0.15) is 0 Å². The van der Waals surface area contributed by atoms with Crippen LogP contribution in [0.15, 0.2) is 42.5 Å². The van der Waals surface area contributed by atoms with Gasteiger partial charge in [-0.3, -0.25) is 0 Å². The topological polar surface area (TPSA) is 21.3 Å². The maximum Gasteiger partial charge on any atom is 0.122 e.